The fraction of sp³-hybridized carbons (Fsp3) is 0.583. The van der Waals surface area contributed by atoms with Crippen LogP contribution in [0, 0.1) is 0 Å². The SMILES string of the molecule is CCN1CCN(c2ccc(C(=O)NC)nn2)CC1. The number of carbonyl (C=O) groups excluding carboxylic acids is 1. The van der Waals surface area contributed by atoms with Crippen LogP contribution in [-0.2, 0) is 0 Å². The Labute approximate surface area is 107 Å². The van der Waals surface area contributed by atoms with Crippen LogP contribution in [0.3, 0.4) is 0 Å². The maximum absolute atomic E-state index is 11.3. The van der Waals surface area contributed by atoms with Gasteiger partial charge in [-0.15, -0.1) is 10.2 Å². The van der Waals surface area contributed by atoms with Crippen molar-refractivity contribution in [3.8, 4) is 0 Å². The molecule has 6 nitrogen and oxygen atoms in total. The highest BCUT2D eigenvalue weighted by Gasteiger charge is 2.17. The largest absolute Gasteiger partial charge is 0.354 e. The minimum atomic E-state index is -0.204. The van der Waals surface area contributed by atoms with E-state index in [9.17, 15) is 4.79 Å². The Kier molecular flexibility index (Phi) is 4.09. The molecule has 0 bridgehead atoms. The van der Waals surface area contributed by atoms with Gasteiger partial charge in [0.15, 0.2) is 11.5 Å². The van der Waals surface area contributed by atoms with Crippen LogP contribution in [0.4, 0.5) is 5.82 Å². The normalized spacial score (nSPS) is 16.7. The number of aromatic nitrogens is 2. The maximum atomic E-state index is 11.3. The summed E-state index contributed by atoms with van der Waals surface area (Å²) in [6, 6.07) is 3.58. The Balaban J connectivity index is 2.00. The average molecular weight is 249 g/mol. The van der Waals surface area contributed by atoms with Crippen LogP contribution in [-0.4, -0.2) is 60.8 Å². The van der Waals surface area contributed by atoms with E-state index in [0.29, 0.717) is 5.69 Å². The van der Waals surface area contributed by atoms with Gasteiger partial charge in [-0.1, -0.05) is 6.92 Å². The molecule has 1 aliphatic rings. The van der Waals surface area contributed by atoms with Crippen LogP contribution >= 0.6 is 0 Å². The van der Waals surface area contributed by atoms with E-state index in [0.717, 1.165) is 38.5 Å². The van der Waals surface area contributed by atoms with Crippen LogP contribution in [0.15, 0.2) is 12.1 Å². The molecule has 0 spiro atoms. The molecule has 1 fully saturated rings. The molecule has 1 aromatic heterocycles. The van der Waals surface area contributed by atoms with Gasteiger partial charge in [0.1, 0.15) is 0 Å². The molecule has 1 aliphatic heterocycles. The van der Waals surface area contributed by atoms with Crippen molar-refractivity contribution in [2.24, 2.45) is 0 Å². The molecule has 0 saturated carbocycles. The molecule has 0 atom stereocenters. The van der Waals surface area contributed by atoms with Crippen molar-refractivity contribution in [3.63, 3.8) is 0 Å². The van der Waals surface area contributed by atoms with Gasteiger partial charge in [0.25, 0.3) is 5.91 Å². The number of carbonyl (C=O) groups is 1. The quantitative estimate of drug-likeness (QED) is 0.815. The lowest BCUT2D eigenvalue weighted by atomic mass is 10.3. The molecule has 1 aromatic rings. The lowest BCUT2D eigenvalue weighted by molar-refractivity contribution is 0.0957. The fourth-order valence-corrected chi connectivity index (χ4v) is 2.04. The van der Waals surface area contributed by atoms with Gasteiger partial charge in [0.2, 0.25) is 0 Å². The second-order valence-corrected chi connectivity index (χ2v) is 4.28. The minimum Gasteiger partial charge on any atom is -0.354 e. The molecule has 1 amide bonds. The second kappa shape index (κ2) is 5.77. The molecule has 0 radical (unpaired) electrons. The van der Waals surface area contributed by atoms with E-state index in [1.54, 1.807) is 13.1 Å². The summed E-state index contributed by atoms with van der Waals surface area (Å²) in [7, 11) is 1.59. The predicted octanol–water partition coefficient (Wildman–Crippen LogP) is -0.0219. The van der Waals surface area contributed by atoms with Crippen LogP contribution in [0.5, 0.6) is 0 Å². The van der Waals surface area contributed by atoms with Gasteiger partial charge in [-0.05, 0) is 18.7 Å². The number of hydrogen-bond acceptors (Lipinski definition) is 5. The van der Waals surface area contributed by atoms with Crippen molar-refractivity contribution in [1.82, 2.24) is 20.4 Å². The van der Waals surface area contributed by atoms with E-state index in [-0.39, 0.29) is 5.91 Å². The van der Waals surface area contributed by atoms with Crippen molar-refractivity contribution >= 4 is 11.7 Å². The van der Waals surface area contributed by atoms with E-state index < -0.39 is 0 Å². The molecule has 2 heterocycles. The molecular weight excluding hydrogens is 230 g/mol. The number of rotatable bonds is 3. The Hall–Kier alpha value is -1.69. The monoisotopic (exact) mass is 249 g/mol. The maximum Gasteiger partial charge on any atom is 0.271 e. The standard InChI is InChI=1S/C12H19N5O/c1-3-16-6-8-17(9-7-16)11-5-4-10(14-15-11)12(18)13-2/h4-5H,3,6-9H2,1-2H3,(H,13,18). The number of hydrogen-bond donors (Lipinski definition) is 1. The van der Waals surface area contributed by atoms with E-state index >= 15 is 0 Å². The first-order chi connectivity index (χ1) is 8.74. The second-order valence-electron chi connectivity index (χ2n) is 4.28. The number of amides is 1. The van der Waals surface area contributed by atoms with Crippen molar-refractivity contribution in [3.05, 3.63) is 17.8 Å². The molecule has 18 heavy (non-hydrogen) atoms. The fourth-order valence-electron chi connectivity index (χ4n) is 2.04. The molecule has 1 saturated heterocycles. The number of nitrogens with zero attached hydrogens (tertiary/aromatic N) is 4. The first kappa shape index (κ1) is 12.8. The number of likely N-dealkylation sites (N-methyl/N-ethyl adjacent to an activating group) is 1. The average Bonchev–Trinajstić information content (AvgIpc) is 2.47. The summed E-state index contributed by atoms with van der Waals surface area (Å²) < 4.78 is 0. The highest BCUT2D eigenvalue weighted by atomic mass is 16.1. The molecule has 1 N–H and O–H groups in total. The molecule has 98 valence electrons. The van der Waals surface area contributed by atoms with E-state index in [2.05, 4.69) is 32.2 Å². The van der Waals surface area contributed by atoms with Gasteiger partial charge in [-0.25, -0.2) is 0 Å². The molecule has 6 heteroatoms. The summed E-state index contributed by atoms with van der Waals surface area (Å²) in [6.07, 6.45) is 0. The van der Waals surface area contributed by atoms with E-state index in [1.807, 2.05) is 6.07 Å². The van der Waals surface area contributed by atoms with Gasteiger partial charge in [0.05, 0.1) is 0 Å². The number of piperazine rings is 1. The van der Waals surface area contributed by atoms with Crippen LogP contribution in [0.25, 0.3) is 0 Å². The minimum absolute atomic E-state index is 0.204. The Morgan fingerprint density at radius 2 is 2.00 bits per heavy atom. The summed E-state index contributed by atoms with van der Waals surface area (Å²) in [5, 5.41) is 10.6. The zero-order valence-electron chi connectivity index (χ0n) is 10.9. The van der Waals surface area contributed by atoms with E-state index in [1.165, 1.54) is 0 Å². The van der Waals surface area contributed by atoms with Crippen LogP contribution in [0.1, 0.15) is 17.4 Å². The van der Waals surface area contributed by atoms with Crippen LogP contribution < -0.4 is 10.2 Å². The van der Waals surface area contributed by atoms with Gasteiger partial charge >= 0.3 is 0 Å². The first-order valence-electron chi connectivity index (χ1n) is 6.27. The topological polar surface area (TPSA) is 61.4 Å². The number of anilines is 1. The van der Waals surface area contributed by atoms with Gasteiger partial charge in [-0.2, -0.15) is 0 Å². The molecular formula is C12H19N5O. The summed E-state index contributed by atoms with van der Waals surface area (Å²) in [5.74, 6) is 0.642. The lowest BCUT2D eigenvalue weighted by Gasteiger charge is -2.34. The highest BCUT2D eigenvalue weighted by molar-refractivity contribution is 5.91. The van der Waals surface area contributed by atoms with Gasteiger partial charge < -0.3 is 15.1 Å². The molecule has 0 aliphatic carbocycles. The van der Waals surface area contributed by atoms with Gasteiger partial charge in [-0.3, -0.25) is 4.79 Å². The Morgan fingerprint density at radius 1 is 1.28 bits per heavy atom. The number of nitrogens with one attached hydrogen (secondary N) is 1. The van der Waals surface area contributed by atoms with Crippen molar-refractivity contribution < 1.29 is 4.79 Å². The zero-order chi connectivity index (χ0) is 13.0. The van der Waals surface area contributed by atoms with Gasteiger partial charge in [0, 0.05) is 33.2 Å². The molecule has 0 aromatic carbocycles. The lowest BCUT2D eigenvalue weighted by Crippen LogP contribution is -2.46. The van der Waals surface area contributed by atoms with Crippen LogP contribution in [0.2, 0.25) is 0 Å². The third-order valence-electron chi connectivity index (χ3n) is 3.25. The smallest absolute Gasteiger partial charge is 0.271 e. The molecule has 0 unspecified atom stereocenters. The Morgan fingerprint density at radius 3 is 2.50 bits per heavy atom. The third-order valence-corrected chi connectivity index (χ3v) is 3.25. The Bertz CT molecular complexity index is 397. The first-order valence-corrected chi connectivity index (χ1v) is 6.27. The summed E-state index contributed by atoms with van der Waals surface area (Å²) in [6.45, 7) is 7.29. The molecule has 2 rings (SSSR count). The van der Waals surface area contributed by atoms with Crippen molar-refractivity contribution in [2.75, 3.05) is 44.7 Å². The van der Waals surface area contributed by atoms with E-state index in [4.69, 9.17) is 0 Å². The van der Waals surface area contributed by atoms with Crippen molar-refractivity contribution in [1.29, 1.82) is 0 Å². The summed E-state index contributed by atoms with van der Waals surface area (Å²) in [5.41, 5.74) is 0.355. The third kappa shape index (κ3) is 2.76. The highest BCUT2D eigenvalue weighted by Crippen LogP contribution is 2.12. The zero-order valence-corrected chi connectivity index (χ0v) is 10.9. The summed E-state index contributed by atoms with van der Waals surface area (Å²) in [4.78, 5) is 16.0. The van der Waals surface area contributed by atoms with Crippen molar-refractivity contribution in [2.45, 2.75) is 6.92 Å². The summed E-state index contributed by atoms with van der Waals surface area (Å²) >= 11 is 0. The predicted molar refractivity (Wildman–Crippen MR) is 69.7 cm³/mol.